The van der Waals surface area contributed by atoms with Crippen LogP contribution in [-0.2, 0) is 0 Å². The minimum atomic E-state index is -2.90. The molecule has 0 spiro atoms. The van der Waals surface area contributed by atoms with E-state index in [1.165, 1.54) is 48.2 Å². The van der Waals surface area contributed by atoms with Crippen LogP contribution in [0.1, 0.15) is 5.56 Å². The van der Waals surface area contributed by atoms with Gasteiger partial charge in [-0.05, 0) is 80.3 Å². The van der Waals surface area contributed by atoms with Crippen LogP contribution < -0.4 is 20.7 Å². The van der Waals surface area contributed by atoms with Crippen LogP contribution in [0.15, 0.2) is 261 Å². The first-order valence-electron chi connectivity index (χ1n) is 23.5. The van der Waals surface area contributed by atoms with E-state index in [0.717, 1.165) is 44.5 Å². The SMILES string of the molecule is Cc1cccc(-c2ccc3c4ccccc4n(-c4ccc(-c5nc(-c6ccccc6)nc(-c6ccccc6)n5)c(-c5cccc([Si](c6ccccc6)(c6ccccc6)c6ccccc6)c5)c4)c3c2)c1. The lowest BCUT2D eigenvalue weighted by Gasteiger charge is -2.34. The van der Waals surface area contributed by atoms with Gasteiger partial charge in [0.1, 0.15) is 0 Å². The topological polar surface area (TPSA) is 43.6 Å². The predicted molar refractivity (Wildman–Crippen MR) is 290 cm³/mol. The van der Waals surface area contributed by atoms with Gasteiger partial charge in [0, 0.05) is 33.2 Å². The standard InChI is InChI=1S/C64H46N4Si/c1-45-21-19-26-48(41-45)49-37-39-57-56-35-17-18-36-60(56)68(61(57)43-49)51-38-40-58(64-66-62(46-22-7-2-8-23-46)65-63(67-64)47-24-9-3-10-25-47)59(44-51)50-27-20-34-55(42-50)69(52-28-11-4-12-29-52,53-30-13-5-14-31-53)54-32-15-6-16-33-54/h2-44H,1H3. The fourth-order valence-corrected chi connectivity index (χ4v) is 15.1. The third-order valence-electron chi connectivity index (χ3n) is 13.5. The van der Waals surface area contributed by atoms with Crippen molar-refractivity contribution >= 4 is 50.6 Å². The van der Waals surface area contributed by atoms with Crippen LogP contribution in [0, 0.1) is 6.92 Å². The van der Waals surface area contributed by atoms with E-state index in [-0.39, 0.29) is 0 Å². The molecule has 0 radical (unpaired) electrons. The van der Waals surface area contributed by atoms with E-state index >= 15 is 0 Å². The monoisotopic (exact) mass is 898 g/mol. The Morgan fingerprint density at radius 2 is 0.783 bits per heavy atom. The van der Waals surface area contributed by atoms with Crippen LogP contribution in [-0.4, -0.2) is 27.6 Å². The largest absolute Gasteiger partial charge is 0.309 e. The molecule has 0 saturated carbocycles. The molecule has 2 aromatic heterocycles. The first kappa shape index (κ1) is 41.6. The summed E-state index contributed by atoms with van der Waals surface area (Å²) in [5, 5.41) is 7.65. The Bertz CT molecular complexity index is 3620. The van der Waals surface area contributed by atoms with Crippen LogP contribution >= 0.6 is 0 Å². The third-order valence-corrected chi connectivity index (χ3v) is 18.2. The average molecular weight is 899 g/mol. The molecule has 0 bridgehead atoms. The summed E-state index contributed by atoms with van der Waals surface area (Å²) in [6.45, 7) is 2.15. The molecule has 0 aliphatic rings. The summed E-state index contributed by atoms with van der Waals surface area (Å²) in [6, 6.07) is 94.3. The summed E-state index contributed by atoms with van der Waals surface area (Å²) >= 11 is 0. The molecule has 0 saturated heterocycles. The van der Waals surface area contributed by atoms with Gasteiger partial charge in [-0.1, -0.05) is 236 Å². The normalized spacial score (nSPS) is 11.6. The minimum absolute atomic E-state index is 0.608. The van der Waals surface area contributed by atoms with Gasteiger partial charge in [-0.3, -0.25) is 0 Å². The number of aromatic nitrogens is 4. The molecule has 0 aliphatic heterocycles. The quantitative estimate of drug-likeness (QED) is 0.101. The molecule has 12 rings (SSSR count). The van der Waals surface area contributed by atoms with Crippen LogP contribution in [0.2, 0.25) is 0 Å². The van der Waals surface area contributed by atoms with E-state index < -0.39 is 8.07 Å². The fraction of sp³-hybridized carbons (Fsp3) is 0.0156. The van der Waals surface area contributed by atoms with E-state index in [1.807, 2.05) is 36.4 Å². The summed E-state index contributed by atoms with van der Waals surface area (Å²) in [5.74, 6) is 1.85. The summed E-state index contributed by atoms with van der Waals surface area (Å²) in [4.78, 5) is 15.7. The molecule has 5 heteroatoms. The van der Waals surface area contributed by atoms with Crippen molar-refractivity contribution in [3.63, 3.8) is 0 Å². The first-order chi connectivity index (χ1) is 34.1. The molecular weight excluding hydrogens is 853 g/mol. The highest BCUT2D eigenvalue weighted by Gasteiger charge is 2.41. The van der Waals surface area contributed by atoms with Crippen molar-refractivity contribution in [3.05, 3.63) is 266 Å². The second-order valence-electron chi connectivity index (χ2n) is 17.7. The molecule has 10 aromatic carbocycles. The van der Waals surface area contributed by atoms with Crippen LogP contribution in [0.25, 0.3) is 83.9 Å². The van der Waals surface area contributed by atoms with Gasteiger partial charge in [0.05, 0.1) is 11.0 Å². The van der Waals surface area contributed by atoms with E-state index in [0.29, 0.717) is 17.5 Å². The molecule has 0 aliphatic carbocycles. The molecule has 12 aromatic rings. The average Bonchev–Trinajstić information content (AvgIpc) is 3.76. The summed E-state index contributed by atoms with van der Waals surface area (Å²) in [5.41, 5.74) is 11.8. The number of benzene rings is 10. The molecule has 0 fully saturated rings. The number of hydrogen-bond acceptors (Lipinski definition) is 3. The lowest BCUT2D eigenvalue weighted by molar-refractivity contribution is 1.07. The Hall–Kier alpha value is -8.77. The van der Waals surface area contributed by atoms with Crippen molar-refractivity contribution in [1.82, 2.24) is 19.5 Å². The lowest BCUT2D eigenvalue weighted by atomic mass is 9.97. The van der Waals surface area contributed by atoms with Crippen molar-refractivity contribution in [3.8, 4) is 62.1 Å². The lowest BCUT2D eigenvalue weighted by Crippen LogP contribution is -2.74. The molecule has 326 valence electrons. The van der Waals surface area contributed by atoms with E-state index in [9.17, 15) is 0 Å². The first-order valence-corrected chi connectivity index (χ1v) is 25.5. The number of para-hydroxylation sites is 1. The molecule has 2 heterocycles. The molecule has 69 heavy (non-hydrogen) atoms. The highest BCUT2D eigenvalue weighted by molar-refractivity contribution is 7.19. The van der Waals surface area contributed by atoms with Gasteiger partial charge in [-0.2, -0.15) is 0 Å². The zero-order valence-corrected chi connectivity index (χ0v) is 39.1. The highest BCUT2D eigenvalue weighted by Crippen LogP contribution is 2.39. The zero-order valence-electron chi connectivity index (χ0n) is 38.1. The number of fused-ring (bicyclic) bond motifs is 3. The molecule has 0 N–H and O–H groups in total. The molecule has 0 atom stereocenters. The van der Waals surface area contributed by atoms with E-state index in [1.54, 1.807) is 0 Å². The Labute approximate surface area is 403 Å². The van der Waals surface area contributed by atoms with Crippen molar-refractivity contribution < 1.29 is 0 Å². The van der Waals surface area contributed by atoms with E-state index in [4.69, 9.17) is 15.0 Å². The Morgan fingerprint density at radius 3 is 1.39 bits per heavy atom. The maximum Gasteiger partial charge on any atom is 0.179 e. The maximum absolute atomic E-state index is 5.32. The predicted octanol–water partition coefficient (Wildman–Crippen LogP) is 13.0. The van der Waals surface area contributed by atoms with Gasteiger partial charge in [-0.15, -0.1) is 0 Å². The van der Waals surface area contributed by atoms with Crippen LogP contribution in [0.3, 0.4) is 0 Å². The van der Waals surface area contributed by atoms with Gasteiger partial charge in [0.2, 0.25) is 0 Å². The van der Waals surface area contributed by atoms with Crippen molar-refractivity contribution in [2.75, 3.05) is 0 Å². The summed E-state index contributed by atoms with van der Waals surface area (Å²) < 4.78 is 2.43. The van der Waals surface area contributed by atoms with Gasteiger partial charge >= 0.3 is 0 Å². The molecular formula is C64H46N4Si. The van der Waals surface area contributed by atoms with Crippen molar-refractivity contribution in [2.45, 2.75) is 6.92 Å². The third kappa shape index (κ3) is 7.56. The second-order valence-corrected chi connectivity index (χ2v) is 21.5. The Balaban J connectivity index is 1.15. The van der Waals surface area contributed by atoms with Crippen LogP contribution in [0.4, 0.5) is 0 Å². The zero-order chi connectivity index (χ0) is 46.2. The highest BCUT2D eigenvalue weighted by atomic mass is 28.3. The van der Waals surface area contributed by atoms with E-state index in [2.05, 4.69) is 236 Å². The molecule has 4 nitrogen and oxygen atoms in total. The van der Waals surface area contributed by atoms with Crippen LogP contribution in [0.5, 0.6) is 0 Å². The Kier molecular flexibility index (Phi) is 10.7. The summed E-state index contributed by atoms with van der Waals surface area (Å²) in [7, 11) is -2.90. The number of hydrogen-bond donors (Lipinski definition) is 0. The Morgan fingerprint density at radius 1 is 0.304 bits per heavy atom. The fourth-order valence-electron chi connectivity index (χ4n) is 10.3. The minimum Gasteiger partial charge on any atom is -0.309 e. The van der Waals surface area contributed by atoms with Gasteiger partial charge < -0.3 is 4.57 Å². The molecule has 0 unspecified atom stereocenters. The number of rotatable bonds is 10. The van der Waals surface area contributed by atoms with Gasteiger partial charge in [0.15, 0.2) is 25.5 Å². The van der Waals surface area contributed by atoms with Gasteiger partial charge in [-0.25, -0.2) is 15.0 Å². The number of nitrogens with zero attached hydrogens (tertiary/aromatic N) is 4. The summed E-state index contributed by atoms with van der Waals surface area (Å²) in [6.07, 6.45) is 0. The number of aryl methyl sites for hydroxylation is 1. The van der Waals surface area contributed by atoms with Gasteiger partial charge in [0.25, 0.3) is 0 Å². The second kappa shape index (κ2) is 17.8. The smallest absolute Gasteiger partial charge is 0.179 e. The maximum atomic E-state index is 5.32. The van der Waals surface area contributed by atoms with Crippen molar-refractivity contribution in [2.24, 2.45) is 0 Å². The van der Waals surface area contributed by atoms with Crippen molar-refractivity contribution in [1.29, 1.82) is 0 Å². The molecule has 0 amide bonds.